The van der Waals surface area contributed by atoms with Gasteiger partial charge in [0.25, 0.3) is 0 Å². The number of nitrogens with zero attached hydrogens (tertiary/aromatic N) is 3. The van der Waals surface area contributed by atoms with Crippen LogP contribution in [0.5, 0.6) is 0 Å². The van der Waals surface area contributed by atoms with Crippen molar-refractivity contribution in [1.29, 1.82) is 0 Å². The highest BCUT2D eigenvalue weighted by molar-refractivity contribution is 5.93. The maximum atomic E-state index is 12.4. The minimum atomic E-state index is -0.293. The molecule has 1 aromatic rings. The number of hydrogen-bond acceptors (Lipinski definition) is 7. The third kappa shape index (κ3) is 10.3. The monoisotopic (exact) mass is 500 g/mol. The molecule has 0 bridgehead atoms. The van der Waals surface area contributed by atoms with E-state index >= 15 is 0 Å². The predicted molar refractivity (Wildman–Crippen MR) is 147 cm³/mol. The second-order valence-corrected chi connectivity index (χ2v) is 9.13. The van der Waals surface area contributed by atoms with Gasteiger partial charge < -0.3 is 27.0 Å². The van der Waals surface area contributed by atoms with E-state index in [1.165, 1.54) is 0 Å². The molecule has 10 nitrogen and oxygen atoms in total. The fraction of sp³-hybridized carbons (Fsp3) is 0.577. The molecule has 2 atom stereocenters. The zero-order chi connectivity index (χ0) is 26.3. The lowest BCUT2D eigenvalue weighted by molar-refractivity contribution is -0.128. The van der Waals surface area contributed by atoms with Gasteiger partial charge in [-0.05, 0) is 57.6 Å². The Morgan fingerprint density at radius 1 is 1.33 bits per heavy atom. The topological polar surface area (TPSA) is 127 Å². The highest BCUT2D eigenvalue weighted by atomic mass is 16.2. The van der Waals surface area contributed by atoms with Crippen LogP contribution < -0.4 is 27.0 Å². The van der Waals surface area contributed by atoms with Gasteiger partial charge in [-0.1, -0.05) is 18.7 Å². The van der Waals surface area contributed by atoms with Gasteiger partial charge in [-0.25, -0.2) is 0 Å². The number of aliphatic imine (C=N–C) groups is 1. The third-order valence-corrected chi connectivity index (χ3v) is 5.96. The van der Waals surface area contributed by atoms with Crippen LogP contribution in [0.4, 0.5) is 5.69 Å². The molecule has 0 saturated carbocycles. The first kappa shape index (κ1) is 29.3. The number of nitrogens with two attached hydrogens (primary N) is 1. The quantitative estimate of drug-likeness (QED) is 0.144. The van der Waals surface area contributed by atoms with Crippen LogP contribution >= 0.6 is 0 Å². The molecule has 1 saturated heterocycles. The van der Waals surface area contributed by atoms with Crippen molar-refractivity contribution in [3.8, 4) is 0 Å². The maximum absolute atomic E-state index is 12.4. The Morgan fingerprint density at radius 3 is 2.83 bits per heavy atom. The van der Waals surface area contributed by atoms with E-state index in [1.54, 1.807) is 13.1 Å². The molecule has 10 heteroatoms. The molecule has 1 fully saturated rings. The smallest absolute Gasteiger partial charge is 0.234 e. The van der Waals surface area contributed by atoms with Crippen LogP contribution in [0.1, 0.15) is 32.8 Å². The van der Waals surface area contributed by atoms with Crippen LogP contribution in [-0.4, -0.2) is 91.9 Å². The molecule has 0 aromatic heterocycles. The van der Waals surface area contributed by atoms with Crippen molar-refractivity contribution in [2.45, 2.75) is 45.8 Å². The summed E-state index contributed by atoms with van der Waals surface area (Å²) in [5, 5.41) is 12.8. The van der Waals surface area contributed by atoms with E-state index in [2.05, 4.69) is 56.8 Å². The molecule has 2 rings (SSSR count). The number of benzene rings is 1. The lowest BCUT2D eigenvalue weighted by atomic mass is 10.1. The number of hydrogen-bond donors (Lipinski definition) is 5. The molecule has 2 unspecified atom stereocenters. The lowest BCUT2D eigenvalue weighted by Gasteiger charge is -2.40. The number of piperazine rings is 1. The van der Waals surface area contributed by atoms with Crippen LogP contribution in [-0.2, 0) is 16.1 Å². The number of anilines is 1. The van der Waals surface area contributed by atoms with Crippen molar-refractivity contribution in [3.63, 3.8) is 0 Å². The Bertz CT molecular complexity index is 875. The standard InChI is InChI=1S/C26H44N8O2/c1-5-28-16-20(3)31-26(29-6-2)32-23-10-7-9-22(15-23)17-33-13-14-34(24(18-33)21(4)35)19-25(36)30-12-8-11-27/h5,7,9-10,15,20,24,28H,1,6,8,11-14,16-19,27H2,2-4H3,(H,30,36)(H2,29,31,32). The van der Waals surface area contributed by atoms with Crippen molar-refractivity contribution in [2.75, 3.05) is 57.7 Å². The molecular weight excluding hydrogens is 456 g/mol. The molecule has 36 heavy (non-hydrogen) atoms. The van der Waals surface area contributed by atoms with Gasteiger partial charge in [0.05, 0.1) is 12.6 Å². The van der Waals surface area contributed by atoms with E-state index in [0.717, 1.165) is 43.3 Å². The van der Waals surface area contributed by atoms with E-state index in [4.69, 9.17) is 5.73 Å². The molecule has 0 spiro atoms. The average Bonchev–Trinajstić information content (AvgIpc) is 2.84. The Balaban J connectivity index is 1.97. The second kappa shape index (κ2) is 15.9. The van der Waals surface area contributed by atoms with E-state index < -0.39 is 0 Å². The zero-order valence-electron chi connectivity index (χ0n) is 22.1. The van der Waals surface area contributed by atoms with Crippen LogP contribution in [0, 0.1) is 0 Å². The highest BCUT2D eigenvalue weighted by Crippen LogP contribution is 2.17. The number of carbonyl (C=O) groups excluding carboxylic acids is 2. The number of Topliss-reactive ketones (excluding diaryl/α,β-unsaturated/α-hetero) is 1. The number of rotatable bonds is 14. The number of guanidine groups is 1. The van der Waals surface area contributed by atoms with E-state index in [1.807, 2.05) is 24.0 Å². The first-order chi connectivity index (χ1) is 17.4. The van der Waals surface area contributed by atoms with Gasteiger partial charge >= 0.3 is 0 Å². The summed E-state index contributed by atoms with van der Waals surface area (Å²) in [4.78, 5) is 33.5. The normalized spacial score (nSPS) is 17.8. The van der Waals surface area contributed by atoms with Gasteiger partial charge in [-0.2, -0.15) is 0 Å². The summed E-state index contributed by atoms with van der Waals surface area (Å²) in [6, 6.07) is 8.12. The zero-order valence-corrected chi connectivity index (χ0v) is 22.1. The van der Waals surface area contributed by atoms with Gasteiger partial charge in [0.2, 0.25) is 5.91 Å². The molecule has 0 aliphatic carbocycles. The Labute approximate surface area is 215 Å². The Morgan fingerprint density at radius 2 is 2.14 bits per heavy atom. The van der Waals surface area contributed by atoms with Crippen LogP contribution in [0.25, 0.3) is 0 Å². The SMILES string of the molecule is C=CNCC(C)N/C(=N\CC)Nc1cccc(CN2CCN(CC(=O)NCCCN)C(C(C)=O)C2)c1. The van der Waals surface area contributed by atoms with Gasteiger partial charge in [-0.15, -0.1) is 0 Å². The first-order valence-electron chi connectivity index (χ1n) is 12.8. The van der Waals surface area contributed by atoms with E-state index in [0.29, 0.717) is 32.7 Å². The average molecular weight is 501 g/mol. The molecule has 1 heterocycles. The number of ketones is 1. The summed E-state index contributed by atoms with van der Waals surface area (Å²) in [5.74, 6) is 0.745. The van der Waals surface area contributed by atoms with Crippen molar-refractivity contribution in [1.82, 2.24) is 25.8 Å². The molecule has 6 N–H and O–H groups in total. The summed E-state index contributed by atoms with van der Waals surface area (Å²) < 4.78 is 0. The van der Waals surface area contributed by atoms with Crippen LogP contribution in [0.3, 0.4) is 0 Å². The van der Waals surface area contributed by atoms with Crippen LogP contribution in [0.15, 0.2) is 42.0 Å². The number of amides is 1. The fourth-order valence-electron chi connectivity index (χ4n) is 4.13. The summed E-state index contributed by atoms with van der Waals surface area (Å²) in [6.45, 7) is 14.9. The van der Waals surface area contributed by atoms with Crippen molar-refractivity contribution >= 4 is 23.3 Å². The maximum Gasteiger partial charge on any atom is 0.234 e. The molecule has 1 aromatic carbocycles. The van der Waals surface area contributed by atoms with Crippen molar-refractivity contribution < 1.29 is 9.59 Å². The van der Waals surface area contributed by atoms with Gasteiger partial charge in [0.1, 0.15) is 5.78 Å². The number of nitrogens with one attached hydrogen (secondary N) is 4. The highest BCUT2D eigenvalue weighted by Gasteiger charge is 2.31. The molecular formula is C26H44N8O2. The Hall–Kier alpha value is -2.95. The largest absolute Gasteiger partial charge is 0.389 e. The van der Waals surface area contributed by atoms with Crippen LogP contribution in [0.2, 0.25) is 0 Å². The van der Waals surface area contributed by atoms with Gasteiger partial charge in [0, 0.05) is 57.5 Å². The predicted octanol–water partition coefficient (Wildman–Crippen LogP) is 0.726. The molecule has 1 aliphatic heterocycles. The second-order valence-electron chi connectivity index (χ2n) is 9.13. The van der Waals surface area contributed by atoms with E-state index in [9.17, 15) is 9.59 Å². The minimum absolute atomic E-state index is 0.0605. The van der Waals surface area contributed by atoms with Gasteiger partial charge in [-0.3, -0.25) is 24.4 Å². The van der Waals surface area contributed by atoms with Gasteiger partial charge in [0.15, 0.2) is 5.96 Å². The molecule has 1 aliphatic rings. The fourth-order valence-corrected chi connectivity index (χ4v) is 4.13. The summed E-state index contributed by atoms with van der Waals surface area (Å²) in [7, 11) is 0. The molecule has 1 amide bonds. The first-order valence-corrected chi connectivity index (χ1v) is 12.8. The lowest BCUT2D eigenvalue weighted by Crippen LogP contribution is -2.57. The molecule has 0 radical (unpaired) electrons. The summed E-state index contributed by atoms with van der Waals surface area (Å²) in [5.41, 5.74) is 7.59. The summed E-state index contributed by atoms with van der Waals surface area (Å²) >= 11 is 0. The van der Waals surface area contributed by atoms with Crippen molar-refractivity contribution in [2.24, 2.45) is 10.7 Å². The Kier molecular flexibility index (Phi) is 13.0. The third-order valence-electron chi connectivity index (χ3n) is 5.96. The molecule has 200 valence electrons. The minimum Gasteiger partial charge on any atom is -0.389 e. The van der Waals surface area contributed by atoms with E-state index in [-0.39, 0.29) is 30.3 Å². The number of carbonyl (C=O) groups is 2. The summed E-state index contributed by atoms with van der Waals surface area (Å²) in [6.07, 6.45) is 2.43. The van der Waals surface area contributed by atoms with Crippen molar-refractivity contribution in [3.05, 3.63) is 42.6 Å².